The summed E-state index contributed by atoms with van der Waals surface area (Å²) in [6.45, 7) is 8.67. The van der Waals surface area contributed by atoms with E-state index in [-0.39, 0.29) is 18.0 Å². The Labute approximate surface area is 120 Å². The third-order valence-electron chi connectivity index (χ3n) is 3.17. The Morgan fingerprint density at radius 1 is 1.32 bits per heavy atom. The van der Waals surface area contributed by atoms with Crippen molar-refractivity contribution >= 4 is 17.2 Å². The fourth-order valence-electron chi connectivity index (χ4n) is 2.18. The lowest BCUT2D eigenvalue weighted by molar-refractivity contribution is -0.123. The third-order valence-corrected chi connectivity index (χ3v) is 4.12. The zero-order valence-electron chi connectivity index (χ0n) is 12.6. The van der Waals surface area contributed by atoms with Crippen LogP contribution in [0.2, 0.25) is 0 Å². The molecule has 1 heterocycles. The molecule has 0 bridgehead atoms. The molecule has 0 radical (unpaired) electrons. The van der Waals surface area contributed by atoms with Crippen LogP contribution in [0.4, 0.5) is 0 Å². The number of likely N-dealkylation sites (N-methyl/N-ethyl adjacent to an activating group) is 1. The van der Waals surface area contributed by atoms with Crippen LogP contribution in [0.1, 0.15) is 45.0 Å². The van der Waals surface area contributed by atoms with E-state index in [0.717, 1.165) is 6.42 Å². The zero-order chi connectivity index (χ0) is 14.4. The van der Waals surface area contributed by atoms with E-state index >= 15 is 0 Å². The average Bonchev–Trinajstić information content (AvgIpc) is 2.85. The van der Waals surface area contributed by atoms with Gasteiger partial charge in [0.2, 0.25) is 5.91 Å². The minimum absolute atomic E-state index is 0.0795. The van der Waals surface area contributed by atoms with Crippen LogP contribution in [-0.4, -0.2) is 19.0 Å². The Morgan fingerprint density at radius 2 is 2.00 bits per heavy atom. The lowest BCUT2D eigenvalue weighted by Gasteiger charge is -2.28. The summed E-state index contributed by atoms with van der Waals surface area (Å²) in [5, 5.41) is 8.39. The molecular formula is C15H26N2OS. The monoisotopic (exact) mass is 282 g/mol. The molecule has 0 spiro atoms. The molecule has 1 rings (SSSR count). The first-order valence-corrected chi connectivity index (χ1v) is 7.84. The number of hydrogen-bond donors (Lipinski definition) is 2. The van der Waals surface area contributed by atoms with Crippen LogP contribution in [-0.2, 0) is 4.79 Å². The zero-order valence-corrected chi connectivity index (χ0v) is 13.4. The largest absolute Gasteiger partial charge is 0.358 e. The highest BCUT2D eigenvalue weighted by atomic mass is 32.1. The number of hydrogen-bond acceptors (Lipinski definition) is 3. The van der Waals surface area contributed by atoms with Crippen molar-refractivity contribution in [3.8, 4) is 0 Å². The molecule has 0 aliphatic rings. The van der Waals surface area contributed by atoms with Crippen LogP contribution >= 0.6 is 11.3 Å². The first kappa shape index (κ1) is 16.2. The minimum atomic E-state index is -0.125. The van der Waals surface area contributed by atoms with Gasteiger partial charge in [-0.25, -0.2) is 0 Å². The van der Waals surface area contributed by atoms with E-state index < -0.39 is 0 Å². The van der Waals surface area contributed by atoms with Gasteiger partial charge in [-0.15, -0.1) is 11.3 Å². The molecule has 108 valence electrons. The second kappa shape index (κ2) is 7.65. The van der Waals surface area contributed by atoms with Crippen LogP contribution in [0.5, 0.6) is 0 Å². The van der Waals surface area contributed by atoms with Crippen molar-refractivity contribution in [2.75, 3.05) is 7.05 Å². The highest BCUT2D eigenvalue weighted by molar-refractivity contribution is 7.10. The van der Waals surface area contributed by atoms with Crippen molar-refractivity contribution in [2.24, 2.45) is 11.8 Å². The van der Waals surface area contributed by atoms with Crippen LogP contribution in [0.3, 0.4) is 0 Å². The second-order valence-corrected chi connectivity index (χ2v) is 6.68. The summed E-state index contributed by atoms with van der Waals surface area (Å²) in [5.41, 5.74) is 0. The standard InChI is InChI=1S/C15H26N2OS/c1-10(2)9-12(15(18)16-5)17-14(11(3)4)13-7-6-8-19-13/h6-8,10-12,14,17H,9H2,1-5H3,(H,16,18). The van der Waals surface area contributed by atoms with Crippen molar-refractivity contribution in [3.63, 3.8) is 0 Å². The number of carbonyl (C=O) groups excluding carboxylic acids is 1. The summed E-state index contributed by atoms with van der Waals surface area (Å²) in [6, 6.07) is 4.31. The summed E-state index contributed by atoms with van der Waals surface area (Å²) in [7, 11) is 1.70. The Bertz CT molecular complexity index is 374. The minimum Gasteiger partial charge on any atom is -0.358 e. The normalized spacial score (nSPS) is 14.7. The lowest BCUT2D eigenvalue weighted by Crippen LogP contribution is -2.46. The van der Waals surface area contributed by atoms with Gasteiger partial charge < -0.3 is 5.32 Å². The van der Waals surface area contributed by atoms with Gasteiger partial charge in [-0.1, -0.05) is 33.8 Å². The summed E-state index contributed by atoms with van der Waals surface area (Å²) in [5.74, 6) is 1.03. The molecule has 2 atom stereocenters. The predicted octanol–water partition coefficient (Wildman–Crippen LogP) is 3.20. The van der Waals surface area contributed by atoms with E-state index in [1.54, 1.807) is 18.4 Å². The molecule has 1 amide bonds. The van der Waals surface area contributed by atoms with Crippen LogP contribution < -0.4 is 10.6 Å². The van der Waals surface area contributed by atoms with Crippen molar-refractivity contribution in [1.29, 1.82) is 0 Å². The van der Waals surface area contributed by atoms with E-state index in [1.165, 1.54) is 4.88 Å². The summed E-state index contributed by atoms with van der Waals surface area (Å²) in [4.78, 5) is 13.3. The van der Waals surface area contributed by atoms with Crippen LogP contribution in [0.25, 0.3) is 0 Å². The lowest BCUT2D eigenvalue weighted by atomic mass is 9.97. The van der Waals surface area contributed by atoms with Gasteiger partial charge in [0.05, 0.1) is 6.04 Å². The van der Waals surface area contributed by atoms with E-state index in [9.17, 15) is 4.79 Å². The quantitative estimate of drug-likeness (QED) is 0.806. The summed E-state index contributed by atoms with van der Waals surface area (Å²) < 4.78 is 0. The topological polar surface area (TPSA) is 41.1 Å². The molecule has 2 N–H and O–H groups in total. The Morgan fingerprint density at radius 3 is 2.42 bits per heavy atom. The van der Waals surface area contributed by atoms with Crippen molar-refractivity contribution in [2.45, 2.75) is 46.2 Å². The first-order valence-electron chi connectivity index (χ1n) is 6.96. The molecule has 0 saturated heterocycles. The Hall–Kier alpha value is -0.870. The van der Waals surface area contributed by atoms with Crippen molar-refractivity contribution < 1.29 is 4.79 Å². The number of thiophene rings is 1. The highest BCUT2D eigenvalue weighted by Gasteiger charge is 2.25. The number of amides is 1. The molecule has 19 heavy (non-hydrogen) atoms. The SMILES string of the molecule is CNC(=O)C(CC(C)C)NC(c1cccs1)C(C)C. The highest BCUT2D eigenvalue weighted by Crippen LogP contribution is 2.27. The van der Waals surface area contributed by atoms with Gasteiger partial charge in [-0.05, 0) is 29.7 Å². The van der Waals surface area contributed by atoms with E-state index in [2.05, 4.69) is 55.8 Å². The number of nitrogens with one attached hydrogen (secondary N) is 2. The predicted molar refractivity (Wildman–Crippen MR) is 82.3 cm³/mol. The molecule has 3 nitrogen and oxygen atoms in total. The van der Waals surface area contributed by atoms with Crippen LogP contribution in [0.15, 0.2) is 17.5 Å². The van der Waals surface area contributed by atoms with Gasteiger partial charge in [0.25, 0.3) is 0 Å². The maximum absolute atomic E-state index is 12.0. The maximum Gasteiger partial charge on any atom is 0.236 e. The van der Waals surface area contributed by atoms with Crippen molar-refractivity contribution in [3.05, 3.63) is 22.4 Å². The van der Waals surface area contributed by atoms with E-state index in [4.69, 9.17) is 0 Å². The molecule has 0 aromatic carbocycles. The van der Waals surface area contributed by atoms with Gasteiger partial charge in [0.15, 0.2) is 0 Å². The smallest absolute Gasteiger partial charge is 0.236 e. The molecular weight excluding hydrogens is 256 g/mol. The summed E-state index contributed by atoms with van der Waals surface area (Å²) >= 11 is 1.75. The molecule has 1 aromatic heterocycles. The van der Waals surface area contributed by atoms with E-state index in [1.807, 2.05) is 0 Å². The Kier molecular flexibility index (Phi) is 6.52. The maximum atomic E-state index is 12.0. The van der Waals surface area contributed by atoms with Gasteiger partial charge in [-0.2, -0.15) is 0 Å². The molecule has 0 aliphatic carbocycles. The number of carbonyl (C=O) groups is 1. The fourth-order valence-corrected chi connectivity index (χ4v) is 3.14. The first-order chi connectivity index (χ1) is 8.95. The summed E-state index contributed by atoms with van der Waals surface area (Å²) in [6.07, 6.45) is 0.855. The van der Waals surface area contributed by atoms with Gasteiger partial charge in [0.1, 0.15) is 0 Å². The Balaban J connectivity index is 2.82. The second-order valence-electron chi connectivity index (χ2n) is 5.70. The molecule has 0 aliphatic heterocycles. The molecule has 0 fully saturated rings. The molecule has 0 saturated carbocycles. The average molecular weight is 282 g/mol. The van der Waals surface area contributed by atoms with Gasteiger partial charge in [-0.3, -0.25) is 10.1 Å². The van der Waals surface area contributed by atoms with Gasteiger partial charge >= 0.3 is 0 Å². The fraction of sp³-hybridized carbons (Fsp3) is 0.667. The van der Waals surface area contributed by atoms with Crippen molar-refractivity contribution in [1.82, 2.24) is 10.6 Å². The third kappa shape index (κ3) is 4.96. The molecule has 1 aromatic rings. The molecule has 4 heteroatoms. The molecule has 2 unspecified atom stereocenters. The number of rotatable bonds is 7. The van der Waals surface area contributed by atoms with E-state index in [0.29, 0.717) is 11.8 Å². The van der Waals surface area contributed by atoms with Crippen LogP contribution in [0, 0.1) is 11.8 Å². The van der Waals surface area contributed by atoms with Gasteiger partial charge in [0, 0.05) is 18.0 Å².